The number of rotatable bonds is 13. The van der Waals surface area contributed by atoms with Gasteiger partial charge in [-0.1, -0.05) is 0 Å². The van der Waals surface area contributed by atoms with Crippen molar-refractivity contribution in [3.05, 3.63) is 16.7 Å². The minimum absolute atomic E-state index is 0.273. The number of aliphatic hydroxyl groups excluding tert-OH is 1. The molecule has 0 unspecified atom stereocenters. The first kappa shape index (κ1) is 34.9. The average Bonchev–Trinajstić information content (AvgIpc) is 3.41. The summed E-state index contributed by atoms with van der Waals surface area (Å²) in [4.78, 5) is 47.1. The van der Waals surface area contributed by atoms with Crippen LogP contribution in [-0.4, -0.2) is 91.8 Å². The summed E-state index contributed by atoms with van der Waals surface area (Å²) in [6.07, 6.45) is -10.4. The van der Waals surface area contributed by atoms with E-state index in [0.29, 0.717) is 0 Å². The molecule has 0 aliphatic carbocycles. The van der Waals surface area contributed by atoms with Gasteiger partial charge in [0.25, 0.3) is 0 Å². The molecule has 6 N–H and O–H groups in total. The number of nitrogens with two attached hydrogens (primary N) is 1. The third-order valence-electron chi connectivity index (χ3n) is 6.25. The molecule has 3 heterocycles. The van der Waals surface area contributed by atoms with Gasteiger partial charge in [0, 0.05) is 0 Å². The van der Waals surface area contributed by atoms with Crippen LogP contribution in [0.5, 0.6) is 0 Å². The summed E-state index contributed by atoms with van der Waals surface area (Å²) < 4.78 is 67.3. The number of imidazole rings is 1. The van der Waals surface area contributed by atoms with E-state index in [1.165, 1.54) is 13.8 Å². The Hall–Kier alpha value is -2.54. The van der Waals surface area contributed by atoms with E-state index in [4.69, 9.17) is 24.5 Å². The molecule has 244 valence electrons. The Morgan fingerprint density at radius 3 is 2.21 bits per heavy atom. The van der Waals surface area contributed by atoms with Gasteiger partial charge in [-0.2, -0.15) is 0 Å². The number of ether oxygens (including phenoxy) is 3. The molecule has 15 nitrogen and oxygen atoms in total. The molecule has 0 saturated carbocycles. The summed E-state index contributed by atoms with van der Waals surface area (Å²) in [6, 6.07) is -2.23. The fourth-order valence-electron chi connectivity index (χ4n) is 4.20. The third-order valence-corrected chi connectivity index (χ3v) is 9.62. The van der Waals surface area contributed by atoms with Gasteiger partial charge < -0.3 is 0 Å². The number of aromatic nitrogens is 4. The van der Waals surface area contributed by atoms with E-state index < -0.39 is 85.9 Å². The quantitative estimate of drug-likeness (QED) is 0.102. The second-order valence-electron chi connectivity index (χ2n) is 10.6. The van der Waals surface area contributed by atoms with E-state index in [0.717, 1.165) is 10.9 Å². The molecule has 0 aromatic carbocycles. The van der Waals surface area contributed by atoms with Crippen molar-refractivity contribution in [3.8, 4) is 0 Å². The molecule has 20 heteroatoms. The number of fused-ring (bicyclic) bond motifs is 1. The molecule has 3 rings (SSSR count). The first-order valence-electron chi connectivity index (χ1n) is 13.2. The molecule has 0 bridgehead atoms. The van der Waals surface area contributed by atoms with Crippen LogP contribution in [0.2, 0.25) is 0 Å². The average molecular weight is 660 g/mol. The van der Waals surface area contributed by atoms with Gasteiger partial charge in [-0.15, -0.1) is 0 Å². The number of nitrogens with zero attached hydrogens (tertiary/aromatic N) is 3. The van der Waals surface area contributed by atoms with Gasteiger partial charge in [0.15, 0.2) is 0 Å². The maximum absolute atomic E-state index is 15.5. The zero-order chi connectivity index (χ0) is 32.4. The van der Waals surface area contributed by atoms with Gasteiger partial charge in [0.2, 0.25) is 0 Å². The number of thiol groups is 1. The van der Waals surface area contributed by atoms with Crippen LogP contribution in [-0.2, 0) is 28.3 Å². The van der Waals surface area contributed by atoms with E-state index >= 15 is 4.39 Å². The van der Waals surface area contributed by atoms with Gasteiger partial charge >= 0.3 is 250 Å². The molecule has 1 saturated heterocycles. The number of nitrogen functional groups attached to an aromatic ring is 1. The monoisotopic (exact) mass is 659 g/mol. The zero-order valence-electron chi connectivity index (χ0n) is 24.2. The molecule has 1 aliphatic heterocycles. The van der Waals surface area contributed by atoms with Crippen molar-refractivity contribution in [2.24, 2.45) is 0 Å². The van der Waals surface area contributed by atoms with Crippen molar-refractivity contribution in [2.75, 3.05) is 12.3 Å². The van der Waals surface area contributed by atoms with Crippen LogP contribution in [0.25, 0.3) is 11.2 Å². The van der Waals surface area contributed by atoms with Crippen molar-refractivity contribution >= 4 is 48.3 Å². The van der Waals surface area contributed by atoms with Crippen LogP contribution in [0.3, 0.4) is 0 Å². The number of H-pyrrole nitrogens is 1. The first-order valence-corrected chi connectivity index (χ1v) is 16.4. The van der Waals surface area contributed by atoms with Gasteiger partial charge in [-0.3, -0.25) is 0 Å². The Morgan fingerprint density at radius 1 is 1.19 bits per heavy atom. The Morgan fingerprint density at radius 2 is 1.72 bits per heavy atom. The van der Waals surface area contributed by atoms with Gasteiger partial charge in [0.1, 0.15) is 0 Å². The summed E-state index contributed by atoms with van der Waals surface area (Å²) in [5.41, 5.74) is 1.27. The molecule has 1 aliphatic rings. The third kappa shape index (κ3) is 7.76. The molecule has 0 radical (unpaired) electrons. The number of anilines is 1. The van der Waals surface area contributed by atoms with Gasteiger partial charge in [-0.25, -0.2) is 0 Å². The summed E-state index contributed by atoms with van der Waals surface area (Å²) in [5, 5.41) is 16.3. The molecule has 6 atom stereocenters. The number of hydrogen-bond donors (Lipinski definition) is 6. The Kier molecular flexibility index (Phi) is 11.1. The fourth-order valence-corrected chi connectivity index (χ4v) is 7.65. The SMILES string of the molecule is CC(C)OC(=O)[C@H](C)N[PH](S)(N[C@@H](C)C(=O)OC(C)C)OC[C@@]1(C(F)F)O[C@@H](n2cnc3c(=O)[nH]c(N)nc32)[C@@H](F)[C@@H]1O. The molecule has 0 amide bonds. The Balaban J connectivity index is 1.93. The van der Waals surface area contributed by atoms with Crippen LogP contribution >= 0.6 is 19.2 Å². The second-order valence-corrected chi connectivity index (χ2v) is 14.6. The molecule has 1 fully saturated rings. The fraction of sp³-hybridized carbons (Fsp3) is 0.696. The maximum atomic E-state index is 15.5. The number of alkyl halides is 3. The first-order chi connectivity index (χ1) is 19.9. The standard InChI is InChI=1S/C23H37F3N7O8PS/c1-9(2)39-19(36)11(5)31-42(43,32-12(6)20(37)40-10(3)4)38-7-23(21(25)26)15(34)13(24)18(41-23)33-8-28-14-16(33)29-22(27)30-17(14)35/h8-13,15,18,21,31-32,34,42-43H,7H2,1-6H3,(H3,27,29,30,35)/t11-,12-,13-,15-,18+,23+/m0/s1. The summed E-state index contributed by atoms with van der Waals surface area (Å²) in [6.45, 7) is 3.99. The predicted molar refractivity (Wildman–Crippen MR) is 153 cm³/mol. The number of aromatic amines is 1. The van der Waals surface area contributed by atoms with Gasteiger partial charge in [-0.05, 0) is 0 Å². The Labute approximate surface area is 250 Å². The Bertz CT molecular complexity index is 1340. The molecular formula is C23H37F3N7O8PS. The van der Waals surface area contributed by atoms with E-state index in [2.05, 4.69) is 37.4 Å². The molecule has 2 aromatic rings. The van der Waals surface area contributed by atoms with Crippen LogP contribution in [0.1, 0.15) is 47.8 Å². The van der Waals surface area contributed by atoms with E-state index in [9.17, 15) is 28.3 Å². The number of nitrogens with one attached hydrogen (secondary N) is 3. The summed E-state index contributed by atoms with van der Waals surface area (Å²) in [5.74, 6) is -1.82. The molecule has 0 spiro atoms. The van der Waals surface area contributed by atoms with Crippen molar-refractivity contribution in [3.63, 3.8) is 0 Å². The van der Waals surface area contributed by atoms with Gasteiger partial charge in [0.05, 0.1) is 0 Å². The van der Waals surface area contributed by atoms with Crippen LogP contribution in [0, 0.1) is 0 Å². The number of carbonyl (C=O) groups excluding carboxylic acids is 2. The van der Waals surface area contributed by atoms with Crippen LogP contribution in [0.15, 0.2) is 11.1 Å². The summed E-state index contributed by atoms with van der Waals surface area (Å²) in [7, 11) is 0. The predicted octanol–water partition coefficient (Wildman–Crippen LogP) is 1.15. The van der Waals surface area contributed by atoms with Crippen molar-refractivity contribution in [1.29, 1.82) is 0 Å². The van der Waals surface area contributed by atoms with Crippen LogP contribution in [0.4, 0.5) is 19.1 Å². The zero-order valence-corrected chi connectivity index (χ0v) is 26.1. The number of aliphatic hydroxyl groups is 1. The number of halogens is 3. The minimum atomic E-state index is -4.11. The van der Waals surface area contributed by atoms with E-state index in [-0.39, 0.29) is 17.1 Å². The number of esters is 2. The van der Waals surface area contributed by atoms with E-state index in [1.54, 1.807) is 27.7 Å². The number of hydrogen-bond acceptors (Lipinski definition) is 14. The number of carbonyl (C=O) groups is 2. The van der Waals surface area contributed by atoms with Crippen molar-refractivity contribution in [1.82, 2.24) is 29.7 Å². The molecule has 2 aromatic heterocycles. The van der Waals surface area contributed by atoms with Crippen molar-refractivity contribution in [2.45, 2.75) is 96.4 Å². The summed E-state index contributed by atoms with van der Waals surface area (Å²) >= 11 is 4.48. The normalized spacial score (nSPS) is 24.6. The topological polar surface area (TPSA) is 205 Å². The van der Waals surface area contributed by atoms with E-state index in [1.807, 2.05) is 0 Å². The molecule has 43 heavy (non-hydrogen) atoms. The second kappa shape index (κ2) is 13.6. The van der Waals surface area contributed by atoms with Crippen molar-refractivity contribution < 1.29 is 46.6 Å². The van der Waals surface area contributed by atoms with Crippen LogP contribution < -0.4 is 21.5 Å². The molecular weight excluding hydrogens is 622 g/mol.